The van der Waals surface area contributed by atoms with Gasteiger partial charge in [-0.05, 0) is 41.5 Å². The third-order valence-electron chi connectivity index (χ3n) is 8.39. The average Bonchev–Trinajstić information content (AvgIpc) is 3.06. The zero-order chi connectivity index (χ0) is 32.9. The summed E-state index contributed by atoms with van der Waals surface area (Å²) in [6.07, 6.45) is 0. The number of hydrogen-bond acceptors (Lipinski definition) is 2. The predicted octanol–water partition coefficient (Wildman–Crippen LogP) is 7.68. The number of hydrogen-bond donors (Lipinski definition) is 0. The molecule has 0 bridgehead atoms. The van der Waals surface area contributed by atoms with Gasteiger partial charge in [-0.25, -0.2) is 0 Å². The molecule has 0 saturated heterocycles. The Balaban J connectivity index is 0.000000208. The fraction of sp³-hybridized carbons (Fsp3) is 0.143. The van der Waals surface area contributed by atoms with E-state index in [1.807, 2.05) is 187 Å². The molecule has 0 atom stereocenters. The lowest BCUT2D eigenvalue weighted by Crippen LogP contribution is -2.25. The van der Waals surface area contributed by atoms with Gasteiger partial charge in [-0.3, -0.25) is 0 Å². The molecule has 6 aromatic rings. The van der Waals surface area contributed by atoms with Crippen molar-refractivity contribution in [2.24, 2.45) is 0 Å². The minimum absolute atomic E-state index is 0. The van der Waals surface area contributed by atoms with Gasteiger partial charge in [0.2, 0.25) is 0 Å². The molecule has 0 aliphatic carbocycles. The van der Waals surface area contributed by atoms with E-state index in [-0.39, 0.29) is 5.48 Å². The van der Waals surface area contributed by atoms with E-state index in [9.17, 15) is 9.13 Å². The minimum Gasteiger partial charge on any atom is -0.412 e. The first-order chi connectivity index (χ1) is 22.0. The molecule has 0 radical (unpaired) electrons. The van der Waals surface area contributed by atoms with Gasteiger partial charge < -0.3 is 14.6 Å². The summed E-state index contributed by atoms with van der Waals surface area (Å²) in [5.74, 6) is 0. The molecule has 0 saturated carbocycles. The summed E-state index contributed by atoms with van der Waals surface area (Å²) in [4.78, 5) is 0. The zero-order valence-electron chi connectivity index (χ0n) is 28.1. The second-order valence-electron chi connectivity index (χ2n) is 12.2. The highest BCUT2D eigenvalue weighted by Gasteiger charge is 2.30. The van der Waals surface area contributed by atoms with Gasteiger partial charge in [-0.15, -0.1) is 0 Å². The maximum atomic E-state index is 14.2. The van der Waals surface area contributed by atoms with Crippen LogP contribution in [-0.2, 0) is 9.13 Å². The maximum absolute atomic E-state index is 14.2. The third-order valence-corrected chi connectivity index (χ3v) is 14.5. The minimum atomic E-state index is -2.84. The summed E-state index contributed by atoms with van der Waals surface area (Å²) in [6, 6.07) is 48.3. The molecule has 0 aromatic heterocycles. The van der Waals surface area contributed by atoms with Crippen LogP contribution in [0.3, 0.4) is 0 Å². The van der Waals surface area contributed by atoms with Crippen molar-refractivity contribution in [2.75, 3.05) is 0 Å². The van der Waals surface area contributed by atoms with Crippen LogP contribution in [0.4, 0.5) is 0 Å². The molecule has 0 fully saturated rings. The molecule has 0 spiro atoms. The Bertz CT molecular complexity index is 1610. The van der Waals surface area contributed by atoms with Gasteiger partial charge in [0.05, 0.1) is 0 Å². The first-order valence-corrected chi connectivity index (χ1v) is 19.0. The molecular weight excluding hydrogens is 614 g/mol. The normalized spacial score (nSPS) is 11.2. The Labute approximate surface area is 280 Å². The first-order valence-electron chi connectivity index (χ1n) is 15.6. The second kappa shape index (κ2) is 15.1. The highest BCUT2D eigenvalue weighted by Crippen LogP contribution is 2.43. The van der Waals surface area contributed by atoms with Crippen LogP contribution in [0.25, 0.3) is 0 Å². The molecule has 240 valence electrons. The van der Waals surface area contributed by atoms with Crippen LogP contribution in [0, 0.1) is 41.5 Å². The Hall–Kier alpha value is -4.26. The van der Waals surface area contributed by atoms with Crippen LogP contribution in [0.5, 0.6) is 0 Å². The summed E-state index contributed by atoms with van der Waals surface area (Å²) in [5.41, 5.74) is 7.05. The van der Waals surface area contributed by atoms with Gasteiger partial charge in [0.1, 0.15) is 0 Å². The molecule has 47 heavy (non-hydrogen) atoms. The van der Waals surface area contributed by atoms with Crippen LogP contribution in [0.15, 0.2) is 146 Å². The van der Waals surface area contributed by atoms with E-state index in [1.165, 1.54) is 33.4 Å². The van der Waals surface area contributed by atoms with Gasteiger partial charge in [0.15, 0.2) is 14.3 Å². The van der Waals surface area contributed by atoms with E-state index in [2.05, 4.69) is 0 Å². The van der Waals surface area contributed by atoms with Crippen LogP contribution in [-0.4, -0.2) is 5.48 Å². The fourth-order valence-electron chi connectivity index (χ4n) is 5.42. The van der Waals surface area contributed by atoms with Gasteiger partial charge in [0, 0.05) is 31.8 Å². The molecule has 0 heterocycles. The van der Waals surface area contributed by atoms with Gasteiger partial charge in [0.25, 0.3) is 0 Å². The Morgan fingerprint density at radius 1 is 0.255 bits per heavy atom. The van der Waals surface area contributed by atoms with Crippen molar-refractivity contribution in [2.45, 2.75) is 41.5 Å². The van der Waals surface area contributed by atoms with Crippen molar-refractivity contribution in [3.05, 3.63) is 179 Å². The summed E-state index contributed by atoms with van der Waals surface area (Å²) < 4.78 is 28.3. The quantitative estimate of drug-likeness (QED) is 0.172. The van der Waals surface area contributed by atoms with E-state index in [1.54, 1.807) is 0 Å². The largest absolute Gasteiger partial charge is 0.412 e. The summed E-state index contributed by atoms with van der Waals surface area (Å²) in [7, 11) is -5.67. The lowest BCUT2D eigenvalue weighted by Gasteiger charge is -2.20. The van der Waals surface area contributed by atoms with E-state index in [0.717, 1.165) is 31.8 Å². The van der Waals surface area contributed by atoms with Crippen molar-refractivity contribution in [3.63, 3.8) is 0 Å². The SMILES string of the molecule is Cc1ccc(P(=O)(c2ccc(C)cc2)c2ccc(C)cc2)cc1.Cc1ccc(P(=O)(c2ccc(C)cc2)c2ccc(C)cc2)cc1.O. The summed E-state index contributed by atoms with van der Waals surface area (Å²) >= 11 is 0. The molecule has 0 aliphatic heterocycles. The zero-order valence-corrected chi connectivity index (χ0v) is 29.9. The molecule has 5 heteroatoms. The Morgan fingerprint density at radius 3 is 0.468 bits per heavy atom. The Morgan fingerprint density at radius 2 is 0.362 bits per heavy atom. The van der Waals surface area contributed by atoms with Crippen molar-refractivity contribution < 1.29 is 14.6 Å². The molecule has 0 aliphatic rings. The monoisotopic (exact) mass is 658 g/mol. The molecule has 3 nitrogen and oxygen atoms in total. The predicted molar refractivity (Wildman–Crippen MR) is 204 cm³/mol. The lowest BCUT2D eigenvalue weighted by molar-refractivity contribution is 0.591. The van der Waals surface area contributed by atoms with Crippen LogP contribution in [0.2, 0.25) is 0 Å². The van der Waals surface area contributed by atoms with E-state index < -0.39 is 14.3 Å². The van der Waals surface area contributed by atoms with Crippen molar-refractivity contribution in [3.8, 4) is 0 Å². The van der Waals surface area contributed by atoms with Crippen molar-refractivity contribution in [1.29, 1.82) is 0 Å². The average molecular weight is 659 g/mol. The maximum Gasteiger partial charge on any atom is 0.171 e. The Kier molecular flexibility index (Phi) is 11.4. The fourth-order valence-corrected chi connectivity index (χ4v) is 10.6. The third kappa shape index (κ3) is 7.83. The number of rotatable bonds is 6. The van der Waals surface area contributed by atoms with Gasteiger partial charge in [-0.2, -0.15) is 0 Å². The molecule has 0 amide bonds. The molecule has 6 rings (SSSR count). The smallest absolute Gasteiger partial charge is 0.171 e. The molecule has 0 unspecified atom stereocenters. The summed E-state index contributed by atoms with van der Waals surface area (Å²) in [6.45, 7) is 12.3. The lowest BCUT2D eigenvalue weighted by atomic mass is 10.2. The van der Waals surface area contributed by atoms with E-state index in [4.69, 9.17) is 0 Å². The second-order valence-corrected chi connectivity index (χ2v) is 17.8. The molecule has 2 N–H and O–H groups in total. The van der Waals surface area contributed by atoms with Gasteiger partial charge in [-0.1, -0.05) is 179 Å². The number of benzene rings is 6. The highest BCUT2D eigenvalue weighted by atomic mass is 31.2. The highest BCUT2D eigenvalue weighted by molar-refractivity contribution is 7.85. The van der Waals surface area contributed by atoms with E-state index in [0.29, 0.717) is 0 Å². The van der Waals surface area contributed by atoms with E-state index >= 15 is 0 Å². The van der Waals surface area contributed by atoms with Crippen molar-refractivity contribution in [1.82, 2.24) is 0 Å². The number of aryl methyl sites for hydroxylation is 6. The molecule has 6 aromatic carbocycles. The summed E-state index contributed by atoms with van der Waals surface area (Å²) in [5, 5.41) is 5.31. The van der Waals surface area contributed by atoms with Crippen LogP contribution in [0.1, 0.15) is 33.4 Å². The van der Waals surface area contributed by atoms with Gasteiger partial charge >= 0.3 is 0 Å². The first kappa shape index (κ1) is 35.6. The van der Waals surface area contributed by atoms with Crippen molar-refractivity contribution >= 4 is 46.1 Å². The van der Waals surface area contributed by atoms with Crippen LogP contribution < -0.4 is 31.8 Å². The molecular formula is C42H44O3P2. The standard InChI is InChI=1S/2C21H21OP.H2O/c2*1-16-4-10-19(11-5-16)23(22,20-12-6-17(2)7-13-20)21-14-8-18(3)9-15-21;/h2*4-15H,1-3H3;1H2. The van der Waals surface area contributed by atoms with Crippen LogP contribution >= 0.6 is 14.3 Å². The topological polar surface area (TPSA) is 65.6 Å².